The summed E-state index contributed by atoms with van der Waals surface area (Å²) in [5.41, 5.74) is 0.177. The zero-order valence-corrected chi connectivity index (χ0v) is 12.8. The Labute approximate surface area is 123 Å². The summed E-state index contributed by atoms with van der Waals surface area (Å²) in [7, 11) is 0. The topological polar surface area (TPSA) is 0 Å². The van der Waals surface area contributed by atoms with Crippen molar-refractivity contribution in [2.75, 3.05) is 0 Å². The summed E-state index contributed by atoms with van der Waals surface area (Å²) in [6.07, 6.45) is -4.29. The van der Waals surface area contributed by atoms with Gasteiger partial charge in [-0.1, -0.05) is 28.1 Å². The third-order valence-corrected chi connectivity index (χ3v) is 5.39. The van der Waals surface area contributed by atoms with E-state index >= 15 is 0 Å². The van der Waals surface area contributed by atoms with Crippen molar-refractivity contribution in [3.63, 3.8) is 0 Å². The third kappa shape index (κ3) is 3.16. The Bertz CT molecular complexity index is 531. The van der Waals surface area contributed by atoms with E-state index in [0.29, 0.717) is 0 Å². The van der Waals surface area contributed by atoms with Gasteiger partial charge in [0.15, 0.2) is 0 Å². The number of benzene rings is 1. The van der Waals surface area contributed by atoms with Crippen LogP contribution in [0.2, 0.25) is 0 Å². The summed E-state index contributed by atoms with van der Waals surface area (Å²) >= 11 is 8.40. The lowest BCUT2D eigenvalue weighted by molar-refractivity contribution is -0.137. The maximum atomic E-state index is 12.4. The molecule has 0 aliphatic carbocycles. The Morgan fingerprint density at radius 1 is 1.00 bits per heavy atom. The molecule has 2 aromatic rings. The van der Waals surface area contributed by atoms with Crippen LogP contribution in [0, 0.1) is 0 Å². The highest BCUT2D eigenvalue weighted by atomic mass is 79.9. The molecule has 0 aliphatic rings. The molecule has 0 amide bonds. The fraction of sp³-hybridized carbons (Fsp3) is 0.167. The standard InChI is InChI=1S/C12H7Br2F3S/c13-10-6-5-9(18-10)11(14)7-1-3-8(4-2-7)12(15,16)17/h1-6,11H. The van der Waals surface area contributed by atoms with Gasteiger partial charge in [-0.15, -0.1) is 11.3 Å². The molecule has 0 spiro atoms. The second-order valence-electron chi connectivity index (χ2n) is 3.62. The van der Waals surface area contributed by atoms with Gasteiger partial charge in [-0.05, 0) is 45.8 Å². The van der Waals surface area contributed by atoms with Crippen molar-refractivity contribution < 1.29 is 13.2 Å². The average Bonchev–Trinajstić information content (AvgIpc) is 2.74. The lowest BCUT2D eigenvalue weighted by atomic mass is 10.1. The molecule has 0 aliphatic heterocycles. The molecule has 96 valence electrons. The van der Waals surface area contributed by atoms with Gasteiger partial charge in [0.25, 0.3) is 0 Å². The second-order valence-corrected chi connectivity index (χ2v) is 7.03. The molecule has 6 heteroatoms. The van der Waals surface area contributed by atoms with E-state index in [2.05, 4.69) is 31.9 Å². The Morgan fingerprint density at radius 3 is 2.06 bits per heavy atom. The first-order valence-electron chi connectivity index (χ1n) is 4.94. The molecule has 2 rings (SSSR count). The molecule has 1 heterocycles. The van der Waals surface area contributed by atoms with Crippen LogP contribution in [0.3, 0.4) is 0 Å². The van der Waals surface area contributed by atoms with Gasteiger partial charge in [-0.3, -0.25) is 0 Å². The molecule has 0 fully saturated rings. The average molecular weight is 400 g/mol. The van der Waals surface area contributed by atoms with E-state index in [9.17, 15) is 13.2 Å². The van der Waals surface area contributed by atoms with Crippen LogP contribution < -0.4 is 0 Å². The van der Waals surface area contributed by atoms with Crippen LogP contribution in [-0.4, -0.2) is 0 Å². The number of alkyl halides is 4. The Balaban J connectivity index is 2.24. The normalized spacial score (nSPS) is 13.6. The van der Waals surface area contributed by atoms with E-state index in [1.54, 1.807) is 11.3 Å². The van der Waals surface area contributed by atoms with Crippen molar-refractivity contribution in [3.05, 3.63) is 56.2 Å². The molecule has 0 radical (unpaired) electrons. The van der Waals surface area contributed by atoms with Crippen molar-refractivity contribution in [3.8, 4) is 0 Å². The predicted molar refractivity (Wildman–Crippen MR) is 74.2 cm³/mol. The van der Waals surface area contributed by atoms with Gasteiger partial charge in [0.2, 0.25) is 0 Å². The van der Waals surface area contributed by atoms with Crippen molar-refractivity contribution in [1.29, 1.82) is 0 Å². The largest absolute Gasteiger partial charge is 0.416 e. The molecule has 0 nitrogen and oxygen atoms in total. The molecule has 0 N–H and O–H groups in total. The van der Waals surface area contributed by atoms with Crippen LogP contribution in [0.1, 0.15) is 20.8 Å². The van der Waals surface area contributed by atoms with Crippen molar-refractivity contribution in [2.24, 2.45) is 0 Å². The van der Waals surface area contributed by atoms with Crippen LogP contribution in [0.25, 0.3) is 0 Å². The van der Waals surface area contributed by atoms with E-state index in [1.165, 1.54) is 12.1 Å². The summed E-state index contributed by atoms with van der Waals surface area (Å²) < 4.78 is 38.3. The number of thiophene rings is 1. The van der Waals surface area contributed by atoms with Gasteiger partial charge >= 0.3 is 6.18 Å². The fourth-order valence-corrected chi connectivity index (χ4v) is 3.64. The monoisotopic (exact) mass is 398 g/mol. The third-order valence-electron chi connectivity index (χ3n) is 2.37. The van der Waals surface area contributed by atoms with Crippen molar-refractivity contribution in [2.45, 2.75) is 11.0 Å². The zero-order valence-electron chi connectivity index (χ0n) is 8.84. The minimum absolute atomic E-state index is 0.0870. The molecule has 0 saturated carbocycles. The van der Waals surface area contributed by atoms with Crippen LogP contribution in [0.15, 0.2) is 40.2 Å². The van der Waals surface area contributed by atoms with Gasteiger partial charge < -0.3 is 0 Å². The second kappa shape index (κ2) is 5.35. The first kappa shape index (κ1) is 14.1. The molecule has 1 unspecified atom stereocenters. The van der Waals surface area contributed by atoms with Crippen LogP contribution >= 0.6 is 43.2 Å². The van der Waals surface area contributed by atoms with Gasteiger partial charge in [0.1, 0.15) is 0 Å². The first-order valence-corrected chi connectivity index (χ1v) is 7.47. The number of rotatable bonds is 2. The number of hydrogen-bond donors (Lipinski definition) is 0. The highest BCUT2D eigenvalue weighted by Crippen LogP contribution is 2.38. The number of halogens is 5. The van der Waals surface area contributed by atoms with Gasteiger partial charge in [-0.2, -0.15) is 13.2 Å². The fourth-order valence-electron chi connectivity index (χ4n) is 1.47. The molecule has 1 aromatic carbocycles. The Morgan fingerprint density at radius 2 is 1.61 bits per heavy atom. The Hall–Kier alpha value is -0.330. The lowest BCUT2D eigenvalue weighted by Crippen LogP contribution is -2.04. The molecule has 1 atom stereocenters. The minimum Gasteiger partial charge on any atom is -0.166 e. The first-order chi connectivity index (χ1) is 8.38. The molecule has 18 heavy (non-hydrogen) atoms. The molecule has 0 bridgehead atoms. The van der Waals surface area contributed by atoms with Gasteiger partial charge in [0.05, 0.1) is 14.2 Å². The van der Waals surface area contributed by atoms with E-state index in [4.69, 9.17) is 0 Å². The van der Waals surface area contributed by atoms with Crippen molar-refractivity contribution in [1.82, 2.24) is 0 Å². The summed E-state index contributed by atoms with van der Waals surface area (Å²) in [5.74, 6) is 0. The van der Waals surface area contributed by atoms with Crippen LogP contribution in [0.5, 0.6) is 0 Å². The van der Waals surface area contributed by atoms with Crippen molar-refractivity contribution >= 4 is 43.2 Å². The van der Waals surface area contributed by atoms with E-state index in [1.807, 2.05) is 12.1 Å². The maximum Gasteiger partial charge on any atom is 0.416 e. The number of hydrogen-bond acceptors (Lipinski definition) is 1. The SMILES string of the molecule is FC(F)(F)c1ccc(C(Br)c2ccc(Br)s2)cc1. The van der Waals surface area contributed by atoms with Gasteiger partial charge in [-0.25, -0.2) is 0 Å². The highest BCUT2D eigenvalue weighted by Gasteiger charge is 2.30. The summed E-state index contributed by atoms with van der Waals surface area (Å²) in [6.45, 7) is 0. The smallest absolute Gasteiger partial charge is 0.166 e. The lowest BCUT2D eigenvalue weighted by Gasteiger charge is -2.10. The van der Waals surface area contributed by atoms with E-state index in [-0.39, 0.29) is 4.83 Å². The van der Waals surface area contributed by atoms with Gasteiger partial charge in [0, 0.05) is 4.88 Å². The highest BCUT2D eigenvalue weighted by molar-refractivity contribution is 9.11. The summed E-state index contributed by atoms with van der Waals surface area (Å²) in [6, 6.07) is 9.05. The maximum absolute atomic E-state index is 12.4. The predicted octanol–water partition coefficient (Wildman–Crippen LogP) is 6.01. The zero-order chi connectivity index (χ0) is 13.3. The molecular formula is C12H7Br2F3S. The summed E-state index contributed by atoms with van der Waals surface area (Å²) in [4.78, 5) is 0.956. The molecule has 1 aromatic heterocycles. The quantitative estimate of drug-likeness (QED) is 0.542. The molecule has 0 saturated heterocycles. The molecular weight excluding hydrogens is 393 g/mol. The van der Waals surface area contributed by atoms with Crippen LogP contribution in [0.4, 0.5) is 13.2 Å². The van der Waals surface area contributed by atoms with E-state index in [0.717, 1.165) is 26.4 Å². The minimum atomic E-state index is -4.29. The van der Waals surface area contributed by atoms with Crippen LogP contribution in [-0.2, 0) is 6.18 Å². The summed E-state index contributed by atoms with van der Waals surface area (Å²) in [5, 5.41) is 0. The Kier molecular flexibility index (Phi) is 4.18. The van der Waals surface area contributed by atoms with E-state index < -0.39 is 11.7 Å².